The average Bonchev–Trinajstić information content (AvgIpc) is 2.16. The summed E-state index contributed by atoms with van der Waals surface area (Å²) < 4.78 is 24.6. The SMILES string of the molecule is NCc1ccc([N+](=O)[O-])c(C(F)F)n1. The molecule has 14 heavy (non-hydrogen) atoms. The van der Waals surface area contributed by atoms with Crippen molar-refractivity contribution in [3.05, 3.63) is 33.6 Å². The highest BCUT2D eigenvalue weighted by molar-refractivity contribution is 5.37. The summed E-state index contributed by atoms with van der Waals surface area (Å²) in [5.74, 6) is 0. The second-order valence-electron chi connectivity index (χ2n) is 2.47. The van der Waals surface area contributed by atoms with Crippen molar-refractivity contribution in [2.45, 2.75) is 13.0 Å². The number of alkyl halides is 2. The molecular weight excluding hydrogens is 196 g/mol. The first-order chi connectivity index (χ1) is 6.56. The average molecular weight is 203 g/mol. The van der Waals surface area contributed by atoms with E-state index in [-0.39, 0.29) is 12.2 Å². The van der Waals surface area contributed by atoms with Gasteiger partial charge < -0.3 is 5.73 Å². The van der Waals surface area contributed by atoms with Gasteiger partial charge >= 0.3 is 0 Å². The van der Waals surface area contributed by atoms with Crippen molar-refractivity contribution in [2.24, 2.45) is 5.73 Å². The van der Waals surface area contributed by atoms with Crippen LogP contribution < -0.4 is 5.73 Å². The quantitative estimate of drug-likeness (QED) is 0.594. The molecule has 1 heterocycles. The first kappa shape index (κ1) is 10.5. The maximum absolute atomic E-state index is 12.3. The Balaban J connectivity index is 3.24. The summed E-state index contributed by atoms with van der Waals surface area (Å²) in [6.07, 6.45) is -2.97. The van der Waals surface area contributed by atoms with Crippen molar-refractivity contribution in [2.75, 3.05) is 0 Å². The first-order valence-electron chi connectivity index (χ1n) is 3.68. The van der Waals surface area contributed by atoms with Crippen LogP contribution in [0.15, 0.2) is 12.1 Å². The molecule has 0 bridgehead atoms. The second kappa shape index (κ2) is 4.05. The summed E-state index contributed by atoms with van der Waals surface area (Å²) >= 11 is 0. The first-order valence-corrected chi connectivity index (χ1v) is 3.68. The standard InChI is InChI=1S/C7H7F2N3O2/c8-7(9)6-5(12(13)14)2-1-4(3-10)11-6/h1-2,7H,3,10H2. The zero-order chi connectivity index (χ0) is 10.7. The van der Waals surface area contributed by atoms with Crippen LogP contribution in [0.4, 0.5) is 14.5 Å². The number of rotatable bonds is 3. The summed E-state index contributed by atoms with van der Waals surface area (Å²) in [6.45, 7) is -0.0300. The molecule has 76 valence electrons. The number of pyridine rings is 1. The molecule has 0 aliphatic heterocycles. The molecular formula is C7H7F2N3O2. The van der Waals surface area contributed by atoms with Crippen molar-refractivity contribution < 1.29 is 13.7 Å². The van der Waals surface area contributed by atoms with Crippen molar-refractivity contribution in [1.29, 1.82) is 0 Å². The van der Waals surface area contributed by atoms with E-state index >= 15 is 0 Å². The number of nitrogens with zero attached hydrogens (tertiary/aromatic N) is 2. The third-order valence-electron chi connectivity index (χ3n) is 1.57. The molecule has 1 rings (SSSR count). The van der Waals surface area contributed by atoms with Crippen molar-refractivity contribution >= 4 is 5.69 Å². The minimum atomic E-state index is -2.97. The number of aromatic nitrogens is 1. The number of halogens is 2. The minimum absolute atomic E-state index is 0.0300. The van der Waals surface area contributed by atoms with Gasteiger partial charge in [0.25, 0.3) is 12.1 Å². The normalized spacial score (nSPS) is 10.6. The summed E-state index contributed by atoms with van der Waals surface area (Å²) in [5.41, 5.74) is 3.85. The van der Waals surface area contributed by atoms with Gasteiger partial charge in [0.05, 0.1) is 10.6 Å². The van der Waals surface area contributed by atoms with Gasteiger partial charge in [-0.05, 0) is 6.07 Å². The largest absolute Gasteiger partial charge is 0.325 e. The molecule has 0 aromatic carbocycles. The van der Waals surface area contributed by atoms with Gasteiger partial charge in [-0.25, -0.2) is 13.8 Å². The van der Waals surface area contributed by atoms with Crippen molar-refractivity contribution in [1.82, 2.24) is 4.98 Å². The predicted octanol–water partition coefficient (Wildman–Crippen LogP) is 1.39. The molecule has 1 aromatic heterocycles. The van der Waals surface area contributed by atoms with E-state index in [9.17, 15) is 18.9 Å². The fourth-order valence-electron chi connectivity index (χ4n) is 0.938. The number of hydrogen-bond acceptors (Lipinski definition) is 4. The molecule has 0 fully saturated rings. The molecule has 2 N–H and O–H groups in total. The van der Waals surface area contributed by atoms with Crippen LogP contribution in [0, 0.1) is 10.1 Å². The lowest BCUT2D eigenvalue weighted by molar-refractivity contribution is -0.386. The molecule has 0 aliphatic carbocycles. The van der Waals surface area contributed by atoms with Crippen LogP contribution in [0.25, 0.3) is 0 Å². The van der Waals surface area contributed by atoms with Gasteiger partial charge in [-0.15, -0.1) is 0 Å². The van der Waals surface area contributed by atoms with Crippen LogP contribution >= 0.6 is 0 Å². The summed E-state index contributed by atoms with van der Waals surface area (Å²) in [5, 5.41) is 10.3. The lowest BCUT2D eigenvalue weighted by Gasteiger charge is -2.02. The van der Waals surface area contributed by atoms with Gasteiger partial charge in [-0.2, -0.15) is 0 Å². The molecule has 0 radical (unpaired) electrons. The summed E-state index contributed by atoms with van der Waals surface area (Å²) in [7, 11) is 0. The fourth-order valence-corrected chi connectivity index (χ4v) is 0.938. The smallest absolute Gasteiger partial charge is 0.296 e. The topological polar surface area (TPSA) is 82.0 Å². The molecule has 0 amide bonds. The lowest BCUT2D eigenvalue weighted by Crippen LogP contribution is -2.05. The second-order valence-corrected chi connectivity index (χ2v) is 2.47. The third-order valence-corrected chi connectivity index (χ3v) is 1.57. The number of hydrogen-bond donors (Lipinski definition) is 1. The van der Waals surface area contributed by atoms with E-state index in [0.29, 0.717) is 0 Å². The van der Waals surface area contributed by atoms with E-state index in [1.807, 2.05) is 0 Å². The van der Waals surface area contributed by atoms with Crippen molar-refractivity contribution in [3.63, 3.8) is 0 Å². The van der Waals surface area contributed by atoms with E-state index in [1.165, 1.54) is 6.07 Å². The molecule has 5 nitrogen and oxygen atoms in total. The maximum atomic E-state index is 12.3. The van der Waals surface area contributed by atoms with Gasteiger partial charge in [0, 0.05) is 12.6 Å². The molecule has 0 saturated heterocycles. The zero-order valence-electron chi connectivity index (χ0n) is 6.98. The van der Waals surface area contributed by atoms with E-state index in [1.54, 1.807) is 0 Å². The Morgan fingerprint density at radius 2 is 2.21 bits per heavy atom. The Kier molecular flexibility index (Phi) is 3.03. The van der Waals surface area contributed by atoms with Crippen LogP contribution in [0.5, 0.6) is 0 Å². The molecule has 1 aromatic rings. The lowest BCUT2D eigenvalue weighted by atomic mass is 10.2. The van der Waals surface area contributed by atoms with Crippen LogP contribution in [0.3, 0.4) is 0 Å². The zero-order valence-corrected chi connectivity index (χ0v) is 6.98. The minimum Gasteiger partial charge on any atom is -0.325 e. The third kappa shape index (κ3) is 1.99. The van der Waals surface area contributed by atoms with Crippen LogP contribution in [0.1, 0.15) is 17.8 Å². The van der Waals surface area contributed by atoms with Gasteiger partial charge in [0.1, 0.15) is 0 Å². The molecule has 0 aliphatic rings. The van der Waals surface area contributed by atoms with E-state index < -0.39 is 22.7 Å². The Labute approximate surface area is 77.7 Å². The van der Waals surface area contributed by atoms with E-state index in [0.717, 1.165) is 6.07 Å². The number of nitro groups is 1. The Morgan fingerprint density at radius 3 is 2.64 bits per heavy atom. The van der Waals surface area contributed by atoms with Gasteiger partial charge in [0.15, 0.2) is 5.69 Å². The van der Waals surface area contributed by atoms with Gasteiger partial charge in [-0.3, -0.25) is 10.1 Å². The van der Waals surface area contributed by atoms with E-state index in [2.05, 4.69) is 4.98 Å². The highest BCUT2D eigenvalue weighted by atomic mass is 19.3. The highest BCUT2D eigenvalue weighted by Gasteiger charge is 2.23. The Hall–Kier alpha value is -1.63. The molecule has 0 atom stereocenters. The highest BCUT2D eigenvalue weighted by Crippen LogP contribution is 2.26. The van der Waals surface area contributed by atoms with Crippen LogP contribution in [0.2, 0.25) is 0 Å². The molecule has 0 unspecified atom stereocenters. The molecule has 0 spiro atoms. The van der Waals surface area contributed by atoms with Gasteiger partial charge in [-0.1, -0.05) is 0 Å². The number of nitrogens with two attached hydrogens (primary N) is 1. The Bertz CT molecular complexity index is 357. The molecule has 0 saturated carbocycles. The maximum Gasteiger partial charge on any atom is 0.296 e. The fraction of sp³-hybridized carbons (Fsp3) is 0.286. The van der Waals surface area contributed by atoms with Crippen LogP contribution in [-0.4, -0.2) is 9.91 Å². The van der Waals surface area contributed by atoms with Crippen LogP contribution in [-0.2, 0) is 6.54 Å². The molecule has 7 heteroatoms. The summed E-state index contributed by atoms with van der Waals surface area (Å²) in [6, 6.07) is 2.24. The summed E-state index contributed by atoms with van der Waals surface area (Å²) in [4.78, 5) is 12.8. The monoisotopic (exact) mass is 203 g/mol. The van der Waals surface area contributed by atoms with E-state index in [4.69, 9.17) is 5.73 Å². The Morgan fingerprint density at radius 1 is 1.57 bits per heavy atom. The van der Waals surface area contributed by atoms with Gasteiger partial charge in [0.2, 0.25) is 0 Å². The van der Waals surface area contributed by atoms with Crippen molar-refractivity contribution in [3.8, 4) is 0 Å². The predicted molar refractivity (Wildman–Crippen MR) is 43.7 cm³/mol.